The van der Waals surface area contributed by atoms with E-state index in [1.165, 1.54) is 19.3 Å². The second kappa shape index (κ2) is 7.02. The Hall–Kier alpha value is -1.38. The van der Waals surface area contributed by atoms with E-state index < -0.39 is 10.0 Å². The molecule has 1 saturated heterocycles. The van der Waals surface area contributed by atoms with Gasteiger partial charge in [0.1, 0.15) is 10.6 Å². The van der Waals surface area contributed by atoms with Crippen molar-refractivity contribution in [3.8, 4) is 0 Å². The number of rotatable bonds is 4. The number of carbonyl (C=O) groups is 1. The molecule has 2 heterocycles. The van der Waals surface area contributed by atoms with Gasteiger partial charge in [0.25, 0.3) is 5.91 Å². The van der Waals surface area contributed by atoms with E-state index in [0.29, 0.717) is 12.2 Å². The van der Waals surface area contributed by atoms with Crippen molar-refractivity contribution >= 4 is 15.9 Å². The number of likely N-dealkylation sites (N-methyl/N-ethyl adjacent to an activating group) is 1. The van der Waals surface area contributed by atoms with Gasteiger partial charge in [0.05, 0.1) is 0 Å². The molecule has 0 spiro atoms. The molecule has 1 atom stereocenters. The number of aromatic nitrogens is 1. The van der Waals surface area contributed by atoms with Crippen LogP contribution in [-0.2, 0) is 17.1 Å². The molecule has 1 aliphatic heterocycles. The van der Waals surface area contributed by atoms with Crippen LogP contribution < -0.4 is 5.32 Å². The molecule has 23 heavy (non-hydrogen) atoms. The Morgan fingerprint density at radius 3 is 2.70 bits per heavy atom. The van der Waals surface area contributed by atoms with Crippen molar-refractivity contribution in [2.45, 2.75) is 31.2 Å². The molecule has 0 bridgehead atoms. The second-order valence-corrected chi connectivity index (χ2v) is 7.85. The predicted octanol–water partition coefficient (Wildman–Crippen LogP) is 0.490. The third kappa shape index (κ3) is 3.59. The molecule has 2 rings (SSSR count). The summed E-state index contributed by atoms with van der Waals surface area (Å²) in [5.74, 6) is -0.296. The lowest BCUT2D eigenvalue weighted by Crippen LogP contribution is -2.42. The van der Waals surface area contributed by atoms with Gasteiger partial charge in [-0.25, -0.2) is 8.42 Å². The van der Waals surface area contributed by atoms with Crippen molar-refractivity contribution in [3.63, 3.8) is 0 Å². The highest BCUT2D eigenvalue weighted by Gasteiger charge is 2.33. The zero-order chi connectivity index (χ0) is 17.2. The normalized spacial score (nSPS) is 21.1. The quantitative estimate of drug-likeness (QED) is 0.864. The Morgan fingerprint density at radius 2 is 2.09 bits per heavy atom. The van der Waals surface area contributed by atoms with Crippen LogP contribution >= 0.6 is 0 Å². The zero-order valence-electron chi connectivity index (χ0n) is 14.2. The number of hydrogen-bond donors (Lipinski definition) is 1. The Morgan fingerprint density at radius 1 is 1.39 bits per heavy atom. The first kappa shape index (κ1) is 18.0. The first-order valence-corrected chi connectivity index (χ1v) is 9.38. The molecule has 1 aromatic rings. The number of nitrogens with zero attached hydrogens (tertiary/aromatic N) is 3. The van der Waals surface area contributed by atoms with Crippen molar-refractivity contribution in [1.29, 1.82) is 0 Å². The number of nitrogens with one attached hydrogen (secondary N) is 1. The molecule has 1 aliphatic rings. The van der Waals surface area contributed by atoms with Crippen LogP contribution in [0.15, 0.2) is 17.2 Å². The van der Waals surface area contributed by atoms with E-state index in [4.69, 9.17) is 0 Å². The van der Waals surface area contributed by atoms with Gasteiger partial charge in [-0.05, 0) is 32.5 Å². The molecule has 1 aromatic heterocycles. The molecule has 0 saturated carbocycles. The molecule has 1 N–H and O–H groups in total. The Bertz CT molecular complexity index is 668. The summed E-state index contributed by atoms with van der Waals surface area (Å²) < 4.78 is 29.1. The third-order valence-electron chi connectivity index (χ3n) is 4.36. The number of hydrogen-bond acceptors (Lipinski definition) is 4. The fourth-order valence-corrected chi connectivity index (χ4v) is 4.77. The highest BCUT2D eigenvalue weighted by atomic mass is 32.2. The van der Waals surface area contributed by atoms with Gasteiger partial charge in [-0.15, -0.1) is 0 Å². The lowest BCUT2D eigenvalue weighted by molar-refractivity contribution is 0.0955. The lowest BCUT2D eigenvalue weighted by atomic mass is 10.3. The van der Waals surface area contributed by atoms with Crippen LogP contribution in [0.3, 0.4) is 0 Å². The minimum atomic E-state index is -3.60. The van der Waals surface area contributed by atoms with E-state index in [1.54, 1.807) is 15.9 Å². The minimum Gasteiger partial charge on any atom is -0.354 e. The number of aryl methyl sites for hydroxylation is 1. The first-order chi connectivity index (χ1) is 10.8. The van der Waals surface area contributed by atoms with Gasteiger partial charge in [-0.3, -0.25) is 4.79 Å². The van der Waals surface area contributed by atoms with E-state index in [9.17, 15) is 13.2 Å². The second-order valence-electron chi connectivity index (χ2n) is 5.96. The summed E-state index contributed by atoms with van der Waals surface area (Å²) in [4.78, 5) is 14.2. The largest absolute Gasteiger partial charge is 0.354 e. The summed E-state index contributed by atoms with van der Waals surface area (Å²) in [5.41, 5.74) is 0.337. The van der Waals surface area contributed by atoms with E-state index >= 15 is 0 Å². The molecule has 0 unspecified atom stereocenters. The highest BCUT2D eigenvalue weighted by Crippen LogP contribution is 2.23. The fourth-order valence-electron chi connectivity index (χ4n) is 3.04. The molecule has 130 valence electrons. The van der Waals surface area contributed by atoms with Gasteiger partial charge in [0.2, 0.25) is 10.0 Å². The van der Waals surface area contributed by atoms with Crippen molar-refractivity contribution < 1.29 is 13.2 Å². The summed E-state index contributed by atoms with van der Waals surface area (Å²) in [5, 5.41) is 2.52. The standard InChI is InChI=1S/C15H26N4O3S/c1-5-18-7-6-8-19(12(2)10-18)23(21,22)13-9-14(15(20)16-3)17(4)11-13/h9,11-12H,5-8,10H2,1-4H3,(H,16,20)/t12-/m0/s1. The maximum atomic E-state index is 13.0. The zero-order valence-corrected chi connectivity index (χ0v) is 15.1. The van der Waals surface area contributed by atoms with Crippen molar-refractivity contribution in [2.75, 3.05) is 33.2 Å². The fraction of sp³-hybridized carbons (Fsp3) is 0.667. The van der Waals surface area contributed by atoms with Gasteiger partial charge in [0.15, 0.2) is 0 Å². The third-order valence-corrected chi connectivity index (χ3v) is 6.34. The molecule has 1 amide bonds. The van der Waals surface area contributed by atoms with Crippen molar-refractivity contribution in [2.24, 2.45) is 7.05 Å². The average Bonchev–Trinajstić information content (AvgIpc) is 2.80. The maximum absolute atomic E-state index is 13.0. The SMILES string of the molecule is CCN1CCCN(S(=O)(=O)c2cc(C(=O)NC)n(C)c2)[C@@H](C)C1. The minimum absolute atomic E-state index is 0.0916. The molecular formula is C15H26N4O3S. The van der Waals surface area contributed by atoms with Crippen LogP contribution in [0.2, 0.25) is 0 Å². The van der Waals surface area contributed by atoms with E-state index in [0.717, 1.165) is 26.1 Å². The molecule has 0 radical (unpaired) electrons. The van der Waals surface area contributed by atoms with Gasteiger partial charge in [-0.1, -0.05) is 6.92 Å². The lowest BCUT2D eigenvalue weighted by Gasteiger charge is -2.27. The van der Waals surface area contributed by atoms with Crippen LogP contribution in [0.25, 0.3) is 0 Å². The molecule has 0 aromatic carbocycles. The molecule has 7 nitrogen and oxygen atoms in total. The van der Waals surface area contributed by atoms with E-state index in [2.05, 4.69) is 17.1 Å². The summed E-state index contributed by atoms with van der Waals surface area (Å²) in [6.07, 6.45) is 2.32. The van der Waals surface area contributed by atoms with Gasteiger partial charge in [0, 0.05) is 39.4 Å². The van der Waals surface area contributed by atoms with Crippen LogP contribution in [0.5, 0.6) is 0 Å². The average molecular weight is 342 g/mol. The van der Waals surface area contributed by atoms with Crippen LogP contribution in [0.1, 0.15) is 30.8 Å². The Balaban J connectivity index is 2.32. The molecule has 1 fully saturated rings. The van der Waals surface area contributed by atoms with Gasteiger partial charge in [-0.2, -0.15) is 4.31 Å². The summed E-state index contributed by atoms with van der Waals surface area (Å²) >= 11 is 0. The van der Waals surface area contributed by atoms with E-state index in [1.807, 2.05) is 6.92 Å². The Kier molecular flexibility index (Phi) is 5.49. The molecular weight excluding hydrogens is 316 g/mol. The monoisotopic (exact) mass is 342 g/mol. The number of carbonyl (C=O) groups excluding carboxylic acids is 1. The number of sulfonamides is 1. The van der Waals surface area contributed by atoms with Crippen LogP contribution in [-0.4, -0.2) is 67.4 Å². The maximum Gasteiger partial charge on any atom is 0.267 e. The van der Waals surface area contributed by atoms with Gasteiger partial charge < -0.3 is 14.8 Å². The van der Waals surface area contributed by atoms with Gasteiger partial charge >= 0.3 is 0 Å². The van der Waals surface area contributed by atoms with Crippen LogP contribution in [0.4, 0.5) is 0 Å². The van der Waals surface area contributed by atoms with E-state index in [-0.39, 0.29) is 16.8 Å². The predicted molar refractivity (Wildman–Crippen MR) is 88.9 cm³/mol. The highest BCUT2D eigenvalue weighted by molar-refractivity contribution is 7.89. The summed E-state index contributed by atoms with van der Waals surface area (Å²) in [7, 11) is -0.401. The first-order valence-electron chi connectivity index (χ1n) is 7.94. The van der Waals surface area contributed by atoms with Crippen LogP contribution in [0, 0.1) is 0 Å². The summed E-state index contributed by atoms with van der Waals surface area (Å²) in [6.45, 7) is 7.09. The molecule has 0 aliphatic carbocycles. The van der Waals surface area contributed by atoms with Crippen molar-refractivity contribution in [1.82, 2.24) is 19.1 Å². The smallest absolute Gasteiger partial charge is 0.267 e. The Labute approximate surface area is 138 Å². The molecule has 8 heteroatoms. The number of amides is 1. The topological polar surface area (TPSA) is 74.7 Å². The van der Waals surface area contributed by atoms with Crippen molar-refractivity contribution in [3.05, 3.63) is 18.0 Å². The summed E-state index contributed by atoms with van der Waals surface area (Å²) in [6, 6.07) is 1.36.